The molecule has 3 rings (SSSR count). The van der Waals surface area contributed by atoms with Crippen LogP contribution in [0, 0.1) is 23.6 Å². The highest BCUT2D eigenvalue weighted by Gasteiger charge is 2.58. The van der Waals surface area contributed by atoms with Crippen molar-refractivity contribution in [3.63, 3.8) is 0 Å². The van der Waals surface area contributed by atoms with Crippen LogP contribution in [0.1, 0.15) is 26.7 Å². The molecule has 0 aromatic rings. The van der Waals surface area contributed by atoms with Gasteiger partial charge in [-0.15, -0.1) is 0 Å². The van der Waals surface area contributed by atoms with E-state index in [9.17, 15) is 5.21 Å². The average molecular weight is 154 g/mol. The number of nitrogens with zero attached hydrogens (tertiary/aromatic N) is 1. The third-order valence-electron chi connectivity index (χ3n) is 3.84. The fraction of sp³-hybridized carbons (Fsp3) is 0.889. The Balaban J connectivity index is 2.23. The Bertz CT molecular complexity index is 176. The van der Waals surface area contributed by atoms with Crippen LogP contribution in [0.4, 0.5) is 0 Å². The van der Waals surface area contributed by atoms with E-state index < -0.39 is 0 Å². The molecule has 2 heteroatoms. The van der Waals surface area contributed by atoms with Crippen LogP contribution in [0.2, 0.25) is 0 Å². The number of hydroxylamine groups is 3. The van der Waals surface area contributed by atoms with E-state index in [4.69, 9.17) is 0 Å². The van der Waals surface area contributed by atoms with E-state index >= 15 is 0 Å². The van der Waals surface area contributed by atoms with Gasteiger partial charge in [0.1, 0.15) is 7.05 Å². The number of piperidine rings is 2. The molecule has 2 bridgehead atoms. The van der Waals surface area contributed by atoms with E-state index in [-0.39, 0.29) is 16.1 Å². The molecule has 0 amide bonds. The van der Waals surface area contributed by atoms with Gasteiger partial charge in [0, 0.05) is 18.3 Å². The maximum Gasteiger partial charge on any atom is 0.129 e. The van der Waals surface area contributed by atoms with Gasteiger partial charge in [0.2, 0.25) is 0 Å². The molecule has 2 saturated heterocycles. The van der Waals surface area contributed by atoms with E-state index in [0.29, 0.717) is 0 Å². The van der Waals surface area contributed by atoms with Gasteiger partial charge >= 0.3 is 0 Å². The van der Waals surface area contributed by atoms with Crippen LogP contribution < -0.4 is 0 Å². The molecule has 0 aromatic heterocycles. The summed E-state index contributed by atoms with van der Waals surface area (Å²) in [6, 6.07) is 0.279. The Morgan fingerprint density at radius 3 is 2.45 bits per heavy atom. The molecular formula is C9H16NO. The molecule has 1 aliphatic carbocycles. The molecule has 3 unspecified atom stereocenters. The van der Waals surface area contributed by atoms with Gasteiger partial charge in [-0.2, -0.15) is 0 Å². The van der Waals surface area contributed by atoms with Crippen molar-refractivity contribution in [2.75, 3.05) is 6.54 Å². The summed E-state index contributed by atoms with van der Waals surface area (Å²) in [6.45, 7) is 5.15. The maximum absolute atomic E-state index is 11.7. The highest BCUT2D eigenvalue weighted by molar-refractivity contribution is 5.01. The Kier molecular flexibility index (Phi) is 1.24. The van der Waals surface area contributed by atoms with Crippen molar-refractivity contribution in [2.24, 2.45) is 11.3 Å². The van der Waals surface area contributed by atoms with Crippen molar-refractivity contribution < 1.29 is 4.65 Å². The summed E-state index contributed by atoms with van der Waals surface area (Å²) >= 11 is 0. The van der Waals surface area contributed by atoms with Crippen molar-refractivity contribution in [3.05, 3.63) is 12.3 Å². The molecule has 3 fully saturated rings. The first kappa shape index (κ1) is 7.56. The second kappa shape index (κ2) is 1.80. The summed E-state index contributed by atoms with van der Waals surface area (Å²) in [7, 11) is 3.73. The first-order valence-electron chi connectivity index (χ1n) is 4.38. The van der Waals surface area contributed by atoms with Crippen molar-refractivity contribution in [2.45, 2.75) is 32.7 Å². The molecule has 63 valence electrons. The SMILES string of the molecule is [CH2][N+]1([O-])CCC2CC1C2(C)C. The van der Waals surface area contributed by atoms with Crippen LogP contribution in [-0.2, 0) is 0 Å². The third kappa shape index (κ3) is 0.798. The summed E-state index contributed by atoms with van der Waals surface area (Å²) < 4.78 is -0.233. The Labute approximate surface area is 68.4 Å². The molecule has 2 heterocycles. The summed E-state index contributed by atoms with van der Waals surface area (Å²) in [6.07, 6.45) is 2.19. The molecule has 0 spiro atoms. The first-order valence-corrected chi connectivity index (χ1v) is 4.38. The van der Waals surface area contributed by atoms with Gasteiger partial charge < -0.3 is 9.85 Å². The smallest absolute Gasteiger partial charge is 0.129 e. The van der Waals surface area contributed by atoms with Crippen molar-refractivity contribution >= 4 is 0 Å². The summed E-state index contributed by atoms with van der Waals surface area (Å²) in [4.78, 5) is 0. The normalized spacial score (nSPS) is 53.5. The van der Waals surface area contributed by atoms with Gasteiger partial charge in [0.05, 0.1) is 12.6 Å². The predicted molar refractivity (Wildman–Crippen MR) is 44.1 cm³/mol. The van der Waals surface area contributed by atoms with E-state index in [1.54, 1.807) is 0 Å². The quantitative estimate of drug-likeness (QED) is 0.386. The zero-order valence-electron chi connectivity index (χ0n) is 7.34. The Hall–Kier alpha value is -0.0800. The van der Waals surface area contributed by atoms with Gasteiger partial charge in [0.25, 0.3) is 0 Å². The largest absolute Gasteiger partial charge is 0.632 e. The molecule has 0 N–H and O–H groups in total. The summed E-state index contributed by atoms with van der Waals surface area (Å²) in [5.74, 6) is 0.800. The monoisotopic (exact) mass is 154 g/mol. The fourth-order valence-corrected chi connectivity index (χ4v) is 2.81. The van der Waals surface area contributed by atoms with Crippen LogP contribution in [0.25, 0.3) is 0 Å². The van der Waals surface area contributed by atoms with Crippen molar-refractivity contribution in [1.82, 2.24) is 0 Å². The first-order chi connectivity index (χ1) is 4.94. The minimum absolute atomic E-state index is 0.233. The lowest BCUT2D eigenvalue weighted by molar-refractivity contribution is -0.894. The number of hydrogen-bond donors (Lipinski definition) is 0. The van der Waals surface area contributed by atoms with Crippen LogP contribution in [0.5, 0.6) is 0 Å². The molecule has 1 saturated carbocycles. The summed E-state index contributed by atoms with van der Waals surface area (Å²) in [5.41, 5.74) is 0.266. The van der Waals surface area contributed by atoms with Crippen LogP contribution in [0.3, 0.4) is 0 Å². The van der Waals surface area contributed by atoms with E-state index in [1.807, 2.05) is 0 Å². The minimum atomic E-state index is -0.233. The molecule has 2 aliphatic heterocycles. The zero-order chi connectivity index (χ0) is 8.28. The van der Waals surface area contributed by atoms with E-state index in [0.717, 1.165) is 25.3 Å². The van der Waals surface area contributed by atoms with Gasteiger partial charge in [-0.25, -0.2) is 0 Å². The van der Waals surface area contributed by atoms with Gasteiger partial charge in [-0.1, -0.05) is 13.8 Å². The molecule has 3 aliphatic rings. The molecule has 3 atom stereocenters. The molecule has 11 heavy (non-hydrogen) atoms. The Morgan fingerprint density at radius 1 is 1.55 bits per heavy atom. The van der Waals surface area contributed by atoms with Crippen LogP contribution in [-0.4, -0.2) is 17.2 Å². The molecule has 2 nitrogen and oxygen atoms in total. The average Bonchev–Trinajstić information content (AvgIpc) is 1.84. The second-order valence-electron chi connectivity index (χ2n) is 4.73. The number of rotatable bonds is 0. The number of hydrogen-bond acceptors (Lipinski definition) is 1. The van der Waals surface area contributed by atoms with Gasteiger partial charge in [-0.3, -0.25) is 0 Å². The van der Waals surface area contributed by atoms with E-state index in [1.165, 1.54) is 0 Å². The van der Waals surface area contributed by atoms with Crippen molar-refractivity contribution in [1.29, 1.82) is 0 Å². The molecule has 1 radical (unpaired) electrons. The zero-order valence-corrected chi connectivity index (χ0v) is 7.34. The lowest BCUT2D eigenvalue weighted by atomic mass is 9.54. The van der Waals surface area contributed by atoms with Gasteiger partial charge in [0.15, 0.2) is 0 Å². The molecular weight excluding hydrogens is 138 g/mol. The maximum atomic E-state index is 11.7. The molecule has 0 aromatic carbocycles. The number of fused-ring (bicyclic) bond motifs is 2. The van der Waals surface area contributed by atoms with Gasteiger partial charge in [-0.05, 0) is 5.92 Å². The minimum Gasteiger partial charge on any atom is -0.632 e. The fourth-order valence-electron chi connectivity index (χ4n) is 2.81. The predicted octanol–water partition coefficient (Wildman–Crippen LogP) is 1.91. The lowest BCUT2D eigenvalue weighted by Gasteiger charge is -2.65. The van der Waals surface area contributed by atoms with Crippen molar-refractivity contribution in [3.8, 4) is 0 Å². The standard InChI is InChI=1S/C9H16NO/c1-9(2)7-4-5-10(3,11)8(9)6-7/h7-8H,3-6H2,1-2H3. The second-order valence-corrected chi connectivity index (χ2v) is 4.73. The summed E-state index contributed by atoms with van der Waals surface area (Å²) in [5, 5.41) is 11.7. The van der Waals surface area contributed by atoms with E-state index in [2.05, 4.69) is 20.9 Å². The Morgan fingerprint density at radius 2 is 2.18 bits per heavy atom. The third-order valence-corrected chi connectivity index (χ3v) is 3.84. The topological polar surface area (TPSA) is 23.1 Å². The number of quaternary nitrogens is 1. The lowest BCUT2D eigenvalue weighted by Crippen LogP contribution is -2.68. The van der Waals surface area contributed by atoms with Crippen LogP contribution >= 0.6 is 0 Å². The highest BCUT2D eigenvalue weighted by atomic mass is 16.5. The van der Waals surface area contributed by atoms with Crippen LogP contribution in [0.15, 0.2) is 0 Å². The highest BCUT2D eigenvalue weighted by Crippen LogP contribution is 2.56.